The Hall–Kier alpha value is -4.46. The summed E-state index contributed by atoms with van der Waals surface area (Å²) in [5.74, 6) is 0.863. The predicted octanol–water partition coefficient (Wildman–Crippen LogP) is 4.31. The highest BCUT2D eigenvalue weighted by Gasteiger charge is 2.08. The van der Waals surface area contributed by atoms with Crippen molar-refractivity contribution in [3.05, 3.63) is 100 Å². The molecule has 0 aliphatic heterocycles. The number of hydrogen-bond acceptors (Lipinski definition) is 7. The normalized spacial score (nSPS) is 10.9. The summed E-state index contributed by atoms with van der Waals surface area (Å²) in [6, 6.07) is 25.6. The third-order valence-electron chi connectivity index (χ3n) is 5.30. The van der Waals surface area contributed by atoms with E-state index in [1.165, 1.54) is 5.56 Å². The van der Waals surface area contributed by atoms with Crippen LogP contribution in [0, 0.1) is 0 Å². The molecule has 1 heterocycles. The zero-order chi connectivity index (χ0) is 23.8. The lowest BCUT2D eigenvalue weighted by Gasteiger charge is -2.23. The average molecular weight is 455 g/mol. The second-order valence-corrected chi connectivity index (χ2v) is 7.54. The summed E-state index contributed by atoms with van der Waals surface area (Å²) in [7, 11) is 1.59. The third-order valence-corrected chi connectivity index (χ3v) is 5.30. The van der Waals surface area contributed by atoms with Crippen molar-refractivity contribution in [2.75, 3.05) is 24.0 Å². The summed E-state index contributed by atoms with van der Waals surface area (Å²) in [4.78, 5) is 17.4. The number of benzene rings is 3. The molecule has 0 atom stereocenters. The van der Waals surface area contributed by atoms with E-state index in [-0.39, 0.29) is 17.2 Å². The zero-order valence-electron chi connectivity index (χ0n) is 19.1. The van der Waals surface area contributed by atoms with Crippen LogP contribution in [0.5, 0.6) is 5.75 Å². The van der Waals surface area contributed by atoms with E-state index in [4.69, 9.17) is 4.74 Å². The van der Waals surface area contributed by atoms with Gasteiger partial charge in [0.2, 0.25) is 5.95 Å². The van der Waals surface area contributed by atoms with Crippen molar-refractivity contribution in [2.45, 2.75) is 13.5 Å². The number of aromatic nitrogens is 3. The van der Waals surface area contributed by atoms with Gasteiger partial charge in [0, 0.05) is 24.3 Å². The standard InChI is InChI=1S/C26H26N6O2/c1-3-32(18-20-7-5-4-6-8-20)22-13-9-19(10-14-22)17-27-30-26-28-25(33)24(29-31-26)21-11-15-23(34-2)16-12-21/h4-17H,3,18H2,1-2H3,(H2,28,30,31,33)/b27-17+. The van der Waals surface area contributed by atoms with E-state index in [0.29, 0.717) is 11.3 Å². The first-order valence-electron chi connectivity index (χ1n) is 11.0. The highest BCUT2D eigenvalue weighted by Crippen LogP contribution is 2.19. The highest BCUT2D eigenvalue weighted by atomic mass is 16.5. The predicted molar refractivity (Wildman–Crippen MR) is 135 cm³/mol. The molecule has 4 rings (SSSR count). The maximum absolute atomic E-state index is 12.4. The van der Waals surface area contributed by atoms with E-state index in [9.17, 15) is 4.79 Å². The smallest absolute Gasteiger partial charge is 0.279 e. The van der Waals surface area contributed by atoms with Gasteiger partial charge in [-0.3, -0.25) is 9.78 Å². The monoisotopic (exact) mass is 454 g/mol. The summed E-state index contributed by atoms with van der Waals surface area (Å²) in [6.07, 6.45) is 1.66. The van der Waals surface area contributed by atoms with Gasteiger partial charge in [-0.25, -0.2) is 5.43 Å². The minimum Gasteiger partial charge on any atom is -0.497 e. The van der Waals surface area contributed by atoms with Crippen LogP contribution in [0.15, 0.2) is 88.8 Å². The van der Waals surface area contributed by atoms with Gasteiger partial charge in [0.1, 0.15) is 5.75 Å². The van der Waals surface area contributed by atoms with Gasteiger partial charge in [-0.15, -0.1) is 10.2 Å². The number of hydrogen-bond donors (Lipinski definition) is 2. The Bertz CT molecular complexity index is 1290. The van der Waals surface area contributed by atoms with Crippen LogP contribution in [-0.2, 0) is 6.54 Å². The summed E-state index contributed by atoms with van der Waals surface area (Å²) in [5, 5.41) is 12.2. The summed E-state index contributed by atoms with van der Waals surface area (Å²) >= 11 is 0. The van der Waals surface area contributed by atoms with Gasteiger partial charge in [-0.2, -0.15) is 5.10 Å². The fourth-order valence-corrected chi connectivity index (χ4v) is 3.45. The molecule has 0 saturated carbocycles. The molecule has 0 saturated heterocycles. The van der Waals surface area contributed by atoms with Crippen molar-refractivity contribution in [1.29, 1.82) is 0 Å². The molecule has 0 fully saturated rings. The number of aromatic amines is 1. The molecule has 8 heteroatoms. The van der Waals surface area contributed by atoms with E-state index in [1.54, 1.807) is 37.6 Å². The number of anilines is 2. The van der Waals surface area contributed by atoms with Crippen LogP contribution in [-0.4, -0.2) is 35.1 Å². The van der Waals surface area contributed by atoms with Gasteiger partial charge in [0.25, 0.3) is 5.56 Å². The molecule has 1 aromatic heterocycles. The molecular weight excluding hydrogens is 428 g/mol. The lowest BCUT2D eigenvalue weighted by molar-refractivity contribution is 0.415. The Morgan fingerprint density at radius 1 is 1.00 bits per heavy atom. The summed E-state index contributed by atoms with van der Waals surface area (Å²) in [6.45, 7) is 3.90. The Kier molecular flexibility index (Phi) is 7.29. The lowest BCUT2D eigenvalue weighted by Crippen LogP contribution is -2.21. The molecule has 172 valence electrons. The van der Waals surface area contributed by atoms with Crippen LogP contribution in [0.2, 0.25) is 0 Å². The number of rotatable bonds is 9. The maximum atomic E-state index is 12.4. The molecule has 0 aliphatic rings. The molecule has 3 aromatic carbocycles. The maximum Gasteiger partial charge on any atom is 0.279 e. The summed E-state index contributed by atoms with van der Waals surface area (Å²) in [5.41, 5.74) is 6.56. The van der Waals surface area contributed by atoms with E-state index in [0.717, 1.165) is 24.3 Å². The molecule has 4 aromatic rings. The Labute approximate surface area is 198 Å². The van der Waals surface area contributed by atoms with Crippen molar-refractivity contribution in [3.63, 3.8) is 0 Å². The van der Waals surface area contributed by atoms with Gasteiger partial charge in [0.05, 0.1) is 13.3 Å². The van der Waals surface area contributed by atoms with Crippen molar-refractivity contribution in [2.24, 2.45) is 5.10 Å². The minimum atomic E-state index is -0.361. The molecule has 0 radical (unpaired) electrons. The summed E-state index contributed by atoms with van der Waals surface area (Å²) < 4.78 is 5.13. The molecule has 0 unspecified atom stereocenters. The molecule has 34 heavy (non-hydrogen) atoms. The largest absolute Gasteiger partial charge is 0.497 e. The van der Waals surface area contributed by atoms with Crippen LogP contribution in [0.1, 0.15) is 18.1 Å². The second-order valence-electron chi connectivity index (χ2n) is 7.54. The van der Waals surface area contributed by atoms with Crippen LogP contribution in [0.25, 0.3) is 11.3 Å². The Balaban J connectivity index is 1.38. The van der Waals surface area contributed by atoms with Gasteiger partial charge in [-0.1, -0.05) is 42.5 Å². The fraction of sp³-hybridized carbons (Fsp3) is 0.154. The first-order valence-corrected chi connectivity index (χ1v) is 11.0. The number of methoxy groups -OCH3 is 1. The third kappa shape index (κ3) is 5.66. The van der Waals surface area contributed by atoms with Crippen molar-refractivity contribution in [3.8, 4) is 17.0 Å². The van der Waals surface area contributed by atoms with Crippen LogP contribution in [0.4, 0.5) is 11.6 Å². The van der Waals surface area contributed by atoms with Gasteiger partial charge < -0.3 is 9.64 Å². The first-order chi connectivity index (χ1) is 16.7. The zero-order valence-corrected chi connectivity index (χ0v) is 19.1. The van der Waals surface area contributed by atoms with Gasteiger partial charge in [0.15, 0.2) is 5.69 Å². The number of hydrazone groups is 1. The number of nitrogens with zero attached hydrogens (tertiary/aromatic N) is 4. The van der Waals surface area contributed by atoms with E-state index in [2.05, 4.69) is 73.9 Å². The quantitative estimate of drug-likeness (QED) is 0.289. The first kappa shape index (κ1) is 22.7. The molecular formula is C26H26N6O2. The van der Waals surface area contributed by atoms with Crippen molar-refractivity contribution in [1.82, 2.24) is 15.2 Å². The molecule has 0 spiro atoms. The SMILES string of the molecule is CCN(Cc1ccccc1)c1ccc(/C=N/Nc2nnc(-c3ccc(OC)cc3)c(=O)[nH]2)cc1. The number of ether oxygens (including phenoxy) is 1. The van der Waals surface area contributed by atoms with E-state index < -0.39 is 0 Å². The number of nitrogens with one attached hydrogen (secondary N) is 2. The number of H-pyrrole nitrogens is 1. The molecule has 2 N–H and O–H groups in total. The van der Waals surface area contributed by atoms with Crippen molar-refractivity contribution < 1.29 is 4.74 Å². The lowest BCUT2D eigenvalue weighted by atomic mass is 10.1. The Morgan fingerprint density at radius 3 is 2.38 bits per heavy atom. The highest BCUT2D eigenvalue weighted by molar-refractivity contribution is 5.80. The van der Waals surface area contributed by atoms with Crippen LogP contribution < -0.4 is 20.6 Å². The fourth-order valence-electron chi connectivity index (χ4n) is 3.45. The van der Waals surface area contributed by atoms with E-state index >= 15 is 0 Å². The minimum absolute atomic E-state index is 0.162. The molecule has 0 aliphatic carbocycles. The Morgan fingerprint density at radius 2 is 1.74 bits per heavy atom. The molecule has 0 bridgehead atoms. The van der Waals surface area contributed by atoms with E-state index in [1.807, 2.05) is 18.2 Å². The van der Waals surface area contributed by atoms with Crippen LogP contribution in [0.3, 0.4) is 0 Å². The topological polar surface area (TPSA) is 95.5 Å². The van der Waals surface area contributed by atoms with Crippen molar-refractivity contribution >= 4 is 17.9 Å². The van der Waals surface area contributed by atoms with Crippen LogP contribution >= 0.6 is 0 Å². The molecule has 8 nitrogen and oxygen atoms in total. The average Bonchev–Trinajstić information content (AvgIpc) is 2.89. The molecule has 0 amide bonds. The van der Waals surface area contributed by atoms with Gasteiger partial charge >= 0.3 is 0 Å². The second kappa shape index (κ2) is 10.9. The van der Waals surface area contributed by atoms with Gasteiger partial charge in [-0.05, 0) is 54.4 Å².